The normalized spacial score (nSPS) is 15.8. The van der Waals surface area contributed by atoms with Gasteiger partial charge in [-0.25, -0.2) is 0 Å². The van der Waals surface area contributed by atoms with Crippen LogP contribution in [0.1, 0.15) is 24.1 Å². The van der Waals surface area contributed by atoms with Gasteiger partial charge in [-0.3, -0.25) is 0 Å². The van der Waals surface area contributed by atoms with Gasteiger partial charge >= 0.3 is 0 Å². The van der Waals surface area contributed by atoms with E-state index >= 15 is 0 Å². The first-order chi connectivity index (χ1) is 11.8. The second-order valence-electron chi connectivity index (χ2n) is 6.77. The Morgan fingerprint density at radius 2 is 1.54 bits per heavy atom. The van der Waals surface area contributed by atoms with Gasteiger partial charge in [-0.1, -0.05) is 54.6 Å². The Morgan fingerprint density at radius 1 is 0.875 bits per heavy atom. The largest absolute Gasteiger partial charge is 0.355 e. The molecule has 1 aliphatic heterocycles. The Balaban J connectivity index is 1.49. The fourth-order valence-corrected chi connectivity index (χ4v) is 3.75. The highest BCUT2D eigenvalue weighted by molar-refractivity contribution is 5.93. The van der Waals surface area contributed by atoms with Crippen molar-refractivity contribution >= 4 is 16.6 Å². The van der Waals surface area contributed by atoms with E-state index in [1.807, 2.05) is 6.92 Å². The molecule has 2 heterocycles. The van der Waals surface area contributed by atoms with Crippen molar-refractivity contribution in [3.63, 3.8) is 0 Å². The number of nitrogens with zero attached hydrogens (tertiary/aromatic N) is 3. The van der Waals surface area contributed by atoms with E-state index in [9.17, 15) is 0 Å². The molecule has 4 rings (SSSR count). The van der Waals surface area contributed by atoms with Gasteiger partial charge in [-0.05, 0) is 37.7 Å². The summed E-state index contributed by atoms with van der Waals surface area (Å²) < 4.78 is 0. The Morgan fingerprint density at radius 3 is 2.29 bits per heavy atom. The highest BCUT2D eigenvalue weighted by atomic mass is 15.3. The van der Waals surface area contributed by atoms with Crippen molar-refractivity contribution in [1.29, 1.82) is 0 Å². The highest BCUT2D eigenvalue weighted by Gasteiger charge is 2.22. The van der Waals surface area contributed by atoms with Crippen molar-refractivity contribution in [3.8, 4) is 0 Å². The maximum Gasteiger partial charge on any atom is 0.159 e. The second kappa shape index (κ2) is 6.60. The second-order valence-corrected chi connectivity index (χ2v) is 6.77. The fraction of sp³-hybridized carbons (Fsp3) is 0.333. The minimum Gasteiger partial charge on any atom is -0.355 e. The molecule has 2 aromatic carbocycles. The van der Waals surface area contributed by atoms with E-state index in [4.69, 9.17) is 0 Å². The summed E-state index contributed by atoms with van der Waals surface area (Å²) in [4.78, 5) is 2.41. The molecule has 0 spiro atoms. The minimum atomic E-state index is 0.772. The van der Waals surface area contributed by atoms with Crippen molar-refractivity contribution in [2.45, 2.75) is 26.2 Å². The van der Waals surface area contributed by atoms with Gasteiger partial charge in [-0.2, -0.15) is 5.10 Å². The van der Waals surface area contributed by atoms with Crippen LogP contribution in [0.4, 0.5) is 5.82 Å². The molecule has 0 aliphatic carbocycles. The number of hydrogen-bond acceptors (Lipinski definition) is 3. The first kappa shape index (κ1) is 15.1. The van der Waals surface area contributed by atoms with Crippen LogP contribution < -0.4 is 4.90 Å². The van der Waals surface area contributed by atoms with E-state index in [-0.39, 0.29) is 0 Å². The third-order valence-corrected chi connectivity index (χ3v) is 5.13. The van der Waals surface area contributed by atoms with Crippen LogP contribution in [-0.4, -0.2) is 23.3 Å². The van der Waals surface area contributed by atoms with E-state index < -0.39 is 0 Å². The average Bonchev–Trinajstić information content (AvgIpc) is 2.64. The maximum atomic E-state index is 4.52. The third kappa shape index (κ3) is 2.99. The van der Waals surface area contributed by atoms with Gasteiger partial charge in [0.2, 0.25) is 0 Å². The van der Waals surface area contributed by atoms with E-state index in [1.165, 1.54) is 35.6 Å². The molecule has 0 amide bonds. The zero-order valence-corrected chi connectivity index (χ0v) is 14.2. The van der Waals surface area contributed by atoms with Crippen molar-refractivity contribution in [1.82, 2.24) is 10.2 Å². The van der Waals surface area contributed by atoms with E-state index in [0.717, 1.165) is 30.5 Å². The lowest BCUT2D eigenvalue weighted by atomic mass is 9.90. The molecule has 3 heteroatoms. The number of piperidine rings is 1. The first-order valence-corrected chi connectivity index (χ1v) is 8.82. The molecule has 0 radical (unpaired) electrons. The SMILES string of the molecule is Cc1nnc(N2CCC(Cc3ccccc3)CC2)c2ccccc12. The number of benzene rings is 2. The summed E-state index contributed by atoms with van der Waals surface area (Å²) in [5.41, 5.74) is 2.46. The number of aromatic nitrogens is 2. The molecule has 1 aliphatic rings. The lowest BCUT2D eigenvalue weighted by Crippen LogP contribution is -2.35. The average molecular weight is 317 g/mol. The van der Waals surface area contributed by atoms with Gasteiger partial charge in [0.25, 0.3) is 0 Å². The van der Waals surface area contributed by atoms with E-state index in [2.05, 4.69) is 69.7 Å². The summed E-state index contributed by atoms with van der Waals surface area (Å²) in [5.74, 6) is 1.82. The Bertz CT molecular complexity index is 821. The van der Waals surface area contributed by atoms with Crippen LogP contribution in [0, 0.1) is 12.8 Å². The summed E-state index contributed by atoms with van der Waals surface area (Å²) >= 11 is 0. The van der Waals surface area contributed by atoms with Crippen molar-refractivity contribution < 1.29 is 0 Å². The van der Waals surface area contributed by atoms with Crippen molar-refractivity contribution in [3.05, 3.63) is 65.9 Å². The quantitative estimate of drug-likeness (QED) is 0.717. The van der Waals surface area contributed by atoms with Crippen molar-refractivity contribution in [2.24, 2.45) is 5.92 Å². The molecular weight excluding hydrogens is 294 g/mol. The molecule has 1 aromatic heterocycles. The van der Waals surface area contributed by atoms with Gasteiger partial charge in [0, 0.05) is 23.9 Å². The van der Waals surface area contributed by atoms with Crippen LogP contribution in [0.3, 0.4) is 0 Å². The number of hydrogen-bond donors (Lipinski definition) is 0. The van der Waals surface area contributed by atoms with Crippen LogP contribution in [0.2, 0.25) is 0 Å². The number of anilines is 1. The number of fused-ring (bicyclic) bond motifs is 1. The number of rotatable bonds is 3. The predicted octanol–water partition coefficient (Wildman–Crippen LogP) is 4.40. The van der Waals surface area contributed by atoms with Gasteiger partial charge < -0.3 is 4.90 Å². The fourth-order valence-electron chi connectivity index (χ4n) is 3.75. The summed E-state index contributed by atoms with van der Waals surface area (Å²) in [6, 6.07) is 19.3. The molecule has 3 nitrogen and oxygen atoms in total. The molecule has 0 bridgehead atoms. The van der Waals surface area contributed by atoms with Crippen LogP contribution in [0.5, 0.6) is 0 Å². The van der Waals surface area contributed by atoms with Gasteiger partial charge in [0.15, 0.2) is 5.82 Å². The monoisotopic (exact) mass is 317 g/mol. The van der Waals surface area contributed by atoms with Crippen LogP contribution in [0.25, 0.3) is 10.8 Å². The Kier molecular flexibility index (Phi) is 4.16. The van der Waals surface area contributed by atoms with E-state index in [1.54, 1.807) is 0 Å². The standard InChI is InChI=1S/C21H23N3/c1-16-19-9-5-6-10-20(19)21(23-22-16)24-13-11-18(12-14-24)15-17-7-3-2-4-8-17/h2-10,18H,11-15H2,1H3. The molecule has 0 atom stereocenters. The molecule has 3 aromatic rings. The minimum absolute atomic E-state index is 0.772. The van der Waals surface area contributed by atoms with E-state index in [0.29, 0.717) is 0 Å². The molecular formula is C21H23N3. The van der Waals surface area contributed by atoms with Crippen LogP contribution in [-0.2, 0) is 6.42 Å². The summed E-state index contributed by atoms with van der Waals surface area (Å²) in [6.07, 6.45) is 3.63. The lowest BCUT2D eigenvalue weighted by Gasteiger charge is -2.33. The summed E-state index contributed by atoms with van der Waals surface area (Å²) in [6.45, 7) is 4.17. The smallest absolute Gasteiger partial charge is 0.159 e. The van der Waals surface area contributed by atoms with Gasteiger partial charge in [-0.15, -0.1) is 5.10 Å². The topological polar surface area (TPSA) is 29.0 Å². The molecule has 0 unspecified atom stereocenters. The Labute approximate surface area is 143 Å². The summed E-state index contributed by atoms with van der Waals surface area (Å²) in [7, 11) is 0. The van der Waals surface area contributed by atoms with Crippen LogP contribution >= 0.6 is 0 Å². The molecule has 24 heavy (non-hydrogen) atoms. The molecule has 122 valence electrons. The maximum absolute atomic E-state index is 4.52. The first-order valence-electron chi connectivity index (χ1n) is 8.82. The zero-order valence-electron chi connectivity index (χ0n) is 14.2. The third-order valence-electron chi connectivity index (χ3n) is 5.13. The Hall–Kier alpha value is -2.42. The molecule has 1 saturated heterocycles. The van der Waals surface area contributed by atoms with Crippen LogP contribution in [0.15, 0.2) is 54.6 Å². The predicted molar refractivity (Wildman–Crippen MR) is 99.4 cm³/mol. The zero-order chi connectivity index (χ0) is 16.4. The molecule has 1 fully saturated rings. The highest BCUT2D eigenvalue weighted by Crippen LogP contribution is 2.30. The summed E-state index contributed by atoms with van der Waals surface area (Å²) in [5, 5.41) is 11.3. The van der Waals surface area contributed by atoms with Gasteiger partial charge in [0.1, 0.15) is 0 Å². The van der Waals surface area contributed by atoms with Gasteiger partial charge in [0.05, 0.1) is 5.69 Å². The lowest BCUT2D eigenvalue weighted by molar-refractivity contribution is 0.402. The molecule has 0 saturated carbocycles. The van der Waals surface area contributed by atoms with Crippen molar-refractivity contribution in [2.75, 3.05) is 18.0 Å². The molecule has 0 N–H and O–H groups in total. The number of aryl methyl sites for hydroxylation is 1.